The highest BCUT2D eigenvalue weighted by atomic mass is 32.2. The van der Waals surface area contributed by atoms with Gasteiger partial charge in [0, 0.05) is 35.8 Å². The Hall–Kier alpha value is -4.22. The van der Waals surface area contributed by atoms with E-state index < -0.39 is 10.0 Å². The van der Waals surface area contributed by atoms with E-state index in [0.29, 0.717) is 40.9 Å². The van der Waals surface area contributed by atoms with Crippen molar-refractivity contribution in [1.29, 1.82) is 0 Å². The molecule has 4 heterocycles. The highest BCUT2D eigenvalue weighted by Gasteiger charge is 2.24. The maximum Gasteiger partial charge on any atom is 0.313 e. The molecule has 37 heavy (non-hydrogen) atoms. The third-order valence-electron chi connectivity index (χ3n) is 6.38. The average molecular weight is 517 g/mol. The van der Waals surface area contributed by atoms with Crippen molar-refractivity contribution in [3.63, 3.8) is 0 Å². The summed E-state index contributed by atoms with van der Waals surface area (Å²) >= 11 is 0. The van der Waals surface area contributed by atoms with Gasteiger partial charge in [-0.05, 0) is 49.4 Å². The van der Waals surface area contributed by atoms with Crippen LogP contribution < -0.4 is 10.6 Å². The van der Waals surface area contributed by atoms with Crippen molar-refractivity contribution >= 4 is 32.8 Å². The number of hydrogen-bond acceptors (Lipinski definition) is 9. The van der Waals surface area contributed by atoms with E-state index in [0.717, 1.165) is 24.5 Å². The Labute approximate surface area is 213 Å². The standard InChI is InChI=1S/C26H24N6O4S/c1-17-5-8-19(9-6-17)37(33,34)32-16-21(22-3-2-4-24(28-22)31-11-13-35-14-12-31)20-15-18(7-10-23(20)32)25-29-30-26(27)36-25/h2-10,15-16H,11-14H2,1H3,(H2,27,30). The van der Waals surface area contributed by atoms with E-state index >= 15 is 0 Å². The first kappa shape index (κ1) is 23.2. The molecule has 6 rings (SSSR count). The fraction of sp³-hybridized carbons (Fsp3) is 0.192. The molecule has 188 valence electrons. The summed E-state index contributed by atoms with van der Waals surface area (Å²) in [7, 11) is -3.88. The molecule has 11 heteroatoms. The zero-order valence-corrected chi connectivity index (χ0v) is 20.9. The molecule has 1 aliphatic heterocycles. The summed E-state index contributed by atoms with van der Waals surface area (Å²) in [5, 5.41) is 8.40. The lowest BCUT2D eigenvalue weighted by molar-refractivity contribution is 0.122. The number of nitrogen functional groups attached to an aromatic ring is 1. The number of aromatic nitrogens is 4. The molecule has 0 unspecified atom stereocenters. The lowest BCUT2D eigenvalue weighted by atomic mass is 10.1. The molecule has 2 aromatic carbocycles. The molecule has 0 atom stereocenters. The van der Waals surface area contributed by atoms with Crippen LogP contribution in [0.1, 0.15) is 5.56 Å². The van der Waals surface area contributed by atoms with E-state index in [1.807, 2.05) is 31.2 Å². The molecular weight excluding hydrogens is 492 g/mol. The molecule has 0 radical (unpaired) electrons. The second-order valence-corrected chi connectivity index (χ2v) is 10.6. The van der Waals surface area contributed by atoms with Crippen molar-refractivity contribution in [2.75, 3.05) is 36.9 Å². The van der Waals surface area contributed by atoms with Crippen LogP contribution in [-0.2, 0) is 14.8 Å². The van der Waals surface area contributed by atoms with Gasteiger partial charge in [-0.15, -0.1) is 5.10 Å². The van der Waals surface area contributed by atoms with Crippen LogP contribution in [0.3, 0.4) is 0 Å². The number of morpholine rings is 1. The first-order valence-corrected chi connectivity index (χ1v) is 13.2. The van der Waals surface area contributed by atoms with Gasteiger partial charge in [-0.2, -0.15) is 0 Å². The van der Waals surface area contributed by atoms with Crippen LogP contribution in [0.15, 0.2) is 76.2 Å². The minimum atomic E-state index is -3.88. The van der Waals surface area contributed by atoms with Crippen LogP contribution in [0, 0.1) is 6.92 Å². The predicted octanol–water partition coefficient (Wildman–Crippen LogP) is 3.72. The summed E-state index contributed by atoms with van der Waals surface area (Å²) in [6, 6.07) is 17.8. The fourth-order valence-corrected chi connectivity index (χ4v) is 5.82. The number of benzene rings is 2. The van der Waals surface area contributed by atoms with Gasteiger partial charge < -0.3 is 19.8 Å². The first-order chi connectivity index (χ1) is 17.9. The highest BCUT2D eigenvalue weighted by Crippen LogP contribution is 2.35. The number of fused-ring (bicyclic) bond motifs is 1. The molecule has 0 aliphatic carbocycles. The molecule has 2 N–H and O–H groups in total. The Morgan fingerprint density at radius 3 is 2.49 bits per heavy atom. The van der Waals surface area contributed by atoms with Crippen molar-refractivity contribution in [2.45, 2.75) is 11.8 Å². The van der Waals surface area contributed by atoms with E-state index in [9.17, 15) is 8.42 Å². The number of hydrogen-bond donors (Lipinski definition) is 1. The third kappa shape index (κ3) is 4.21. The third-order valence-corrected chi connectivity index (χ3v) is 8.07. The number of pyridine rings is 1. The van der Waals surface area contributed by atoms with Gasteiger partial charge in [0.05, 0.1) is 29.3 Å². The van der Waals surface area contributed by atoms with Crippen LogP contribution in [0.4, 0.5) is 11.8 Å². The molecule has 0 amide bonds. The number of nitrogens with two attached hydrogens (primary N) is 1. The Kier molecular flexibility index (Phi) is 5.65. The van der Waals surface area contributed by atoms with Crippen LogP contribution in [0.5, 0.6) is 0 Å². The van der Waals surface area contributed by atoms with E-state index in [1.54, 1.807) is 42.6 Å². The van der Waals surface area contributed by atoms with E-state index in [4.69, 9.17) is 19.9 Å². The van der Waals surface area contributed by atoms with Gasteiger partial charge in [-0.25, -0.2) is 17.4 Å². The predicted molar refractivity (Wildman–Crippen MR) is 140 cm³/mol. The van der Waals surface area contributed by atoms with Gasteiger partial charge in [0.1, 0.15) is 5.82 Å². The lowest BCUT2D eigenvalue weighted by Gasteiger charge is -2.28. The van der Waals surface area contributed by atoms with Crippen molar-refractivity contribution in [3.05, 3.63) is 72.4 Å². The zero-order chi connectivity index (χ0) is 25.6. The molecule has 1 aliphatic rings. The zero-order valence-electron chi connectivity index (χ0n) is 20.0. The Balaban J connectivity index is 1.55. The molecule has 10 nitrogen and oxygen atoms in total. The molecule has 5 aromatic rings. The maximum absolute atomic E-state index is 13.7. The largest absolute Gasteiger partial charge is 0.404 e. The number of nitrogens with zero attached hydrogens (tertiary/aromatic N) is 5. The normalized spacial score (nSPS) is 14.4. The van der Waals surface area contributed by atoms with Gasteiger partial charge in [0.2, 0.25) is 5.89 Å². The maximum atomic E-state index is 13.7. The monoisotopic (exact) mass is 516 g/mol. The summed E-state index contributed by atoms with van der Waals surface area (Å²) < 4.78 is 39.7. The number of rotatable bonds is 5. The van der Waals surface area contributed by atoms with Crippen molar-refractivity contribution in [1.82, 2.24) is 19.2 Å². The summed E-state index contributed by atoms with van der Waals surface area (Å²) in [5.74, 6) is 1.05. The van der Waals surface area contributed by atoms with E-state index in [-0.39, 0.29) is 16.8 Å². The van der Waals surface area contributed by atoms with Gasteiger partial charge in [-0.1, -0.05) is 28.9 Å². The van der Waals surface area contributed by atoms with Crippen molar-refractivity contribution in [2.24, 2.45) is 0 Å². The Morgan fingerprint density at radius 2 is 1.76 bits per heavy atom. The second kappa shape index (κ2) is 9.02. The quantitative estimate of drug-likeness (QED) is 0.371. The Bertz CT molecular complexity index is 1700. The highest BCUT2D eigenvalue weighted by molar-refractivity contribution is 7.90. The second-order valence-electron chi connectivity index (χ2n) is 8.81. The number of anilines is 2. The average Bonchev–Trinajstić information content (AvgIpc) is 3.53. The van der Waals surface area contributed by atoms with Crippen LogP contribution in [-0.4, -0.2) is 53.9 Å². The topological polar surface area (TPSA) is 129 Å². The summed E-state index contributed by atoms with van der Waals surface area (Å²) in [6.45, 7) is 4.66. The summed E-state index contributed by atoms with van der Waals surface area (Å²) in [6.07, 6.45) is 1.62. The molecule has 3 aromatic heterocycles. The molecule has 0 saturated carbocycles. The minimum absolute atomic E-state index is 0.0466. The van der Waals surface area contributed by atoms with Crippen LogP contribution >= 0.6 is 0 Å². The van der Waals surface area contributed by atoms with E-state index in [2.05, 4.69) is 15.1 Å². The lowest BCUT2D eigenvalue weighted by Crippen LogP contribution is -2.36. The SMILES string of the molecule is Cc1ccc(S(=O)(=O)n2cc(-c3cccc(N4CCOCC4)n3)c3cc(-c4nnc(N)o4)ccc32)cc1. The molecule has 0 bridgehead atoms. The molecule has 1 fully saturated rings. The first-order valence-electron chi connectivity index (χ1n) is 11.8. The van der Waals surface area contributed by atoms with Crippen LogP contribution in [0.2, 0.25) is 0 Å². The van der Waals surface area contributed by atoms with Gasteiger partial charge >= 0.3 is 6.01 Å². The molecular formula is C26H24N6O4S. The van der Waals surface area contributed by atoms with E-state index in [1.165, 1.54) is 3.97 Å². The molecule has 1 saturated heterocycles. The Morgan fingerprint density at radius 1 is 0.973 bits per heavy atom. The van der Waals surface area contributed by atoms with Gasteiger partial charge in [0.25, 0.3) is 10.0 Å². The number of aryl methyl sites for hydroxylation is 1. The van der Waals surface area contributed by atoms with Crippen molar-refractivity contribution < 1.29 is 17.6 Å². The van der Waals surface area contributed by atoms with Gasteiger partial charge in [0.15, 0.2) is 0 Å². The van der Waals surface area contributed by atoms with Crippen molar-refractivity contribution in [3.8, 4) is 22.7 Å². The summed E-state index contributed by atoms with van der Waals surface area (Å²) in [4.78, 5) is 7.25. The number of ether oxygens (including phenoxy) is 1. The molecule has 0 spiro atoms. The fourth-order valence-electron chi connectivity index (χ4n) is 4.45. The smallest absolute Gasteiger partial charge is 0.313 e. The minimum Gasteiger partial charge on any atom is -0.404 e. The van der Waals surface area contributed by atoms with Crippen LogP contribution in [0.25, 0.3) is 33.6 Å². The van der Waals surface area contributed by atoms with Gasteiger partial charge in [-0.3, -0.25) is 0 Å². The summed E-state index contributed by atoms with van der Waals surface area (Å²) in [5.41, 5.74) is 9.04.